The summed E-state index contributed by atoms with van der Waals surface area (Å²) in [4.78, 5) is 1.57. The summed E-state index contributed by atoms with van der Waals surface area (Å²) in [6.07, 6.45) is 2.84. The Labute approximate surface area is 151 Å². The van der Waals surface area contributed by atoms with E-state index < -0.39 is 15.8 Å². The molecule has 3 rings (SSSR count). The summed E-state index contributed by atoms with van der Waals surface area (Å²) >= 11 is 0. The predicted molar refractivity (Wildman–Crippen MR) is 96.7 cm³/mol. The third-order valence-electron chi connectivity index (χ3n) is 4.03. The number of aromatic nitrogens is 1. The molecule has 0 amide bonds. The number of halogens is 2. The van der Waals surface area contributed by atoms with E-state index in [0.29, 0.717) is 17.8 Å². The molecule has 2 aromatic carbocycles. The van der Waals surface area contributed by atoms with Gasteiger partial charge in [-0.3, -0.25) is 0 Å². The number of hydrogen-bond acceptors (Lipinski definition) is 3. The first kappa shape index (κ1) is 18.1. The maximum atomic E-state index is 14.1. The molecule has 0 unspecified atom stereocenters. The topological polar surface area (TPSA) is 42.3 Å². The van der Waals surface area contributed by atoms with Gasteiger partial charge in [-0.15, -0.1) is 0 Å². The number of rotatable bonds is 5. The molecule has 0 saturated carbocycles. The van der Waals surface area contributed by atoms with Gasteiger partial charge < -0.3 is 4.90 Å². The zero-order chi connectivity index (χ0) is 18.9. The zero-order valence-electron chi connectivity index (χ0n) is 14.4. The molecule has 136 valence electrons. The SMILES string of the molecule is Cc1ccc(N(C)Cc2ccn(S(=O)(=O)c3cccc(F)c3)c2)c(F)c1. The highest BCUT2D eigenvalue weighted by molar-refractivity contribution is 7.90. The fourth-order valence-corrected chi connectivity index (χ4v) is 3.94. The Hall–Kier alpha value is -2.67. The van der Waals surface area contributed by atoms with Gasteiger partial charge in [0, 0.05) is 26.0 Å². The van der Waals surface area contributed by atoms with Crippen molar-refractivity contribution in [1.82, 2.24) is 3.97 Å². The van der Waals surface area contributed by atoms with Gasteiger partial charge in [-0.05, 0) is 54.4 Å². The van der Waals surface area contributed by atoms with E-state index in [-0.39, 0.29) is 10.7 Å². The molecule has 1 aromatic heterocycles. The Kier molecular flexibility index (Phi) is 4.82. The summed E-state index contributed by atoms with van der Waals surface area (Å²) in [6, 6.07) is 11.4. The van der Waals surface area contributed by atoms with E-state index in [2.05, 4.69) is 0 Å². The van der Waals surface area contributed by atoms with Crippen LogP contribution in [0.2, 0.25) is 0 Å². The maximum Gasteiger partial charge on any atom is 0.267 e. The van der Waals surface area contributed by atoms with E-state index in [1.807, 2.05) is 13.0 Å². The normalized spacial score (nSPS) is 11.5. The minimum Gasteiger partial charge on any atom is -0.368 e. The molecule has 1 heterocycles. The molecule has 0 bridgehead atoms. The number of aryl methyl sites for hydroxylation is 1. The van der Waals surface area contributed by atoms with Crippen molar-refractivity contribution in [3.8, 4) is 0 Å². The Morgan fingerprint density at radius 3 is 2.54 bits per heavy atom. The quantitative estimate of drug-likeness (QED) is 0.677. The van der Waals surface area contributed by atoms with Gasteiger partial charge in [-0.2, -0.15) is 0 Å². The van der Waals surface area contributed by atoms with E-state index in [4.69, 9.17) is 0 Å². The summed E-state index contributed by atoms with van der Waals surface area (Å²) < 4.78 is 53.6. The van der Waals surface area contributed by atoms with Crippen LogP contribution in [-0.2, 0) is 16.6 Å². The average Bonchev–Trinajstić information content (AvgIpc) is 3.04. The van der Waals surface area contributed by atoms with Gasteiger partial charge in [-0.1, -0.05) is 12.1 Å². The van der Waals surface area contributed by atoms with Crippen LogP contribution in [-0.4, -0.2) is 19.4 Å². The molecule has 0 saturated heterocycles. The van der Waals surface area contributed by atoms with Crippen LogP contribution in [0.4, 0.5) is 14.5 Å². The average molecular weight is 376 g/mol. The van der Waals surface area contributed by atoms with Crippen molar-refractivity contribution in [1.29, 1.82) is 0 Å². The second kappa shape index (κ2) is 6.92. The first-order valence-electron chi connectivity index (χ1n) is 7.93. The zero-order valence-corrected chi connectivity index (χ0v) is 15.2. The Balaban J connectivity index is 1.83. The van der Waals surface area contributed by atoms with E-state index >= 15 is 0 Å². The van der Waals surface area contributed by atoms with Crippen LogP contribution >= 0.6 is 0 Å². The minimum atomic E-state index is -3.87. The van der Waals surface area contributed by atoms with Crippen molar-refractivity contribution in [3.05, 3.63) is 83.7 Å². The smallest absolute Gasteiger partial charge is 0.267 e. The summed E-state index contributed by atoms with van der Waals surface area (Å²) in [5.74, 6) is -0.952. The molecule has 3 aromatic rings. The molecule has 4 nitrogen and oxygen atoms in total. The van der Waals surface area contributed by atoms with Crippen molar-refractivity contribution in [2.75, 3.05) is 11.9 Å². The van der Waals surface area contributed by atoms with Crippen LogP contribution in [0.25, 0.3) is 0 Å². The third kappa shape index (κ3) is 3.62. The fourth-order valence-electron chi connectivity index (χ4n) is 2.69. The number of anilines is 1. The first-order chi connectivity index (χ1) is 12.3. The lowest BCUT2D eigenvalue weighted by Crippen LogP contribution is -2.17. The van der Waals surface area contributed by atoms with Crippen LogP contribution in [0, 0.1) is 18.6 Å². The van der Waals surface area contributed by atoms with Crippen molar-refractivity contribution in [3.63, 3.8) is 0 Å². The molecule has 0 radical (unpaired) electrons. The van der Waals surface area contributed by atoms with E-state index in [1.54, 1.807) is 24.1 Å². The Morgan fingerprint density at radius 1 is 1.08 bits per heavy atom. The molecule has 0 fully saturated rings. The number of hydrogen-bond donors (Lipinski definition) is 0. The van der Waals surface area contributed by atoms with Gasteiger partial charge >= 0.3 is 0 Å². The molecule has 0 aliphatic heterocycles. The van der Waals surface area contributed by atoms with Crippen molar-refractivity contribution < 1.29 is 17.2 Å². The second-order valence-electron chi connectivity index (χ2n) is 6.12. The summed E-state index contributed by atoms with van der Waals surface area (Å²) in [5.41, 5.74) is 1.94. The van der Waals surface area contributed by atoms with Crippen LogP contribution in [0.15, 0.2) is 65.8 Å². The monoisotopic (exact) mass is 376 g/mol. The van der Waals surface area contributed by atoms with Crippen molar-refractivity contribution in [2.24, 2.45) is 0 Å². The second-order valence-corrected chi connectivity index (χ2v) is 7.97. The van der Waals surface area contributed by atoms with Crippen molar-refractivity contribution in [2.45, 2.75) is 18.4 Å². The van der Waals surface area contributed by atoms with Gasteiger partial charge in [0.2, 0.25) is 0 Å². The van der Waals surface area contributed by atoms with Crippen LogP contribution in [0.1, 0.15) is 11.1 Å². The number of benzene rings is 2. The van der Waals surface area contributed by atoms with E-state index in [9.17, 15) is 17.2 Å². The molecule has 0 spiro atoms. The Morgan fingerprint density at radius 2 is 1.85 bits per heavy atom. The van der Waals surface area contributed by atoms with Gasteiger partial charge in [-0.25, -0.2) is 21.2 Å². The van der Waals surface area contributed by atoms with Crippen LogP contribution in [0.5, 0.6) is 0 Å². The Bertz CT molecular complexity index is 1050. The molecular formula is C19H18F2N2O2S. The lowest BCUT2D eigenvalue weighted by Gasteiger charge is -2.19. The largest absolute Gasteiger partial charge is 0.368 e. The van der Waals surface area contributed by atoms with E-state index in [1.165, 1.54) is 36.7 Å². The molecule has 7 heteroatoms. The lowest BCUT2D eigenvalue weighted by atomic mass is 10.2. The van der Waals surface area contributed by atoms with E-state index in [0.717, 1.165) is 15.6 Å². The van der Waals surface area contributed by atoms with Crippen LogP contribution < -0.4 is 4.90 Å². The molecular weight excluding hydrogens is 358 g/mol. The molecule has 0 atom stereocenters. The summed E-state index contributed by atoms with van der Waals surface area (Å²) in [6.45, 7) is 2.13. The standard InChI is InChI=1S/C19H18F2N2O2S/c1-14-6-7-19(18(21)10-14)22(2)12-15-8-9-23(13-15)26(24,25)17-5-3-4-16(20)11-17/h3-11,13H,12H2,1-2H3. The highest BCUT2D eigenvalue weighted by atomic mass is 32.2. The first-order valence-corrected chi connectivity index (χ1v) is 9.37. The van der Waals surface area contributed by atoms with Gasteiger partial charge in [0.05, 0.1) is 10.6 Å². The summed E-state index contributed by atoms with van der Waals surface area (Å²) in [5, 5.41) is 0. The van der Waals surface area contributed by atoms with Crippen molar-refractivity contribution >= 4 is 15.7 Å². The van der Waals surface area contributed by atoms with Gasteiger partial charge in [0.15, 0.2) is 0 Å². The predicted octanol–water partition coefficient (Wildman–Crippen LogP) is 3.95. The number of nitrogens with zero attached hydrogens (tertiary/aromatic N) is 2. The van der Waals surface area contributed by atoms with Crippen LogP contribution in [0.3, 0.4) is 0 Å². The fraction of sp³-hybridized carbons (Fsp3) is 0.158. The maximum absolute atomic E-state index is 14.1. The third-order valence-corrected chi connectivity index (χ3v) is 5.67. The lowest BCUT2D eigenvalue weighted by molar-refractivity contribution is 0.583. The highest BCUT2D eigenvalue weighted by Crippen LogP contribution is 2.22. The minimum absolute atomic E-state index is 0.127. The van der Waals surface area contributed by atoms with Gasteiger partial charge in [0.1, 0.15) is 11.6 Å². The molecule has 0 N–H and O–H groups in total. The molecule has 26 heavy (non-hydrogen) atoms. The summed E-state index contributed by atoms with van der Waals surface area (Å²) in [7, 11) is -2.14. The highest BCUT2D eigenvalue weighted by Gasteiger charge is 2.18. The molecule has 0 aliphatic carbocycles. The molecule has 0 aliphatic rings. The van der Waals surface area contributed by atoms with Gasteiger partial charge in [0.25, 0.3) is 10.0 Å².